The molecule has 0 unspecified atom stereocenters. The molecule has 2 amide bonds. The average Bonchev–Trinajstić information content (AvgIpc) is 2.73. The molecule has 0 atom stereocenters. The number of benzene rings is 1. The average molecular weight is 420 g/mol. The van der Waals surface area contributed by atoms with Crippen LogP contribution in [0.15, 0.2) is 29.2 Å². The van der Waals surface area contributed by atoms with Crippen molar-refractivity contribution in [2.75, 3.05) is 13.1 Å². The van der Waals surface area contributed by atoms with E-state index in [1.165, 1.54) is 24.3 Å². The summed E-state index contributed by atoms with van der Waals surface area (Å²) in [5, 5.41) is 5.83. The van der Waals surface area contributed by atoms with Crippen molar-refractivity contribution in [3.63, 3.8) is 0 Å². The van der Waals surface area contributed by atoms with Gasteiger partial charge in [0.05, 0.1) is 11.4 Å². The summed E-state index contributed by atoms with van der Waals surface area (Å²) in [7, 11) is -3.81. The lowest BCUT2D eigenvalue weighted by molar-refractivity contribution is -0.128. The molecule has 1 aromatic rings. The van der Waals surface area contributed by atoms with Gasteiger partial charge in [0.15, 0.2) is 0 Å². The third-order valence-electron chi connectivity index (χ3n) is 5.08. The van der Waals surface area contributed by atoms with Gasteiger partial charge in [0.1, 0.15) is 5.54 Å². The van der Waals surface area contributed by atoms with E-state index in [9.17, 15) is 18.0 Å². The Kier molecular flexibility index (Phi) is 8.23. The summed E-state index contributed by atoms with van der Waals surface area (Å²) < 4.78 is 26.8. The fraction of sp³-hybridized carbons (Fsp3) is 0.524. The van der Waals surface area contributed by atoms with E-state index in [0.717, 1.165) is 32.1 Å². The normalized spacial score (nSPS) is 15.9. The van der Waals surface area contributed by atoms with E-state index in [4.69, 9.17) is 6.42 Å². The molecule has 7 nitrogen and oxygen atoms in total. The number of carbonyl (C=O) groups excluding carboxylic acids is 2. The molecule has 0 aliphatic heterocycles. The zero-order valence-electron chi connectivity index (χ0n) is 16.8. The largest absolute Gasteiger partial charge is 0.354 e. The van der Waals surface area contributed by atoms with Crippen LogP contribution in [0.2, 0.25) is 0 Å². The Morgan fingerprint density at radius 3 is 2.59 bits per heavy atom. The van der Waals surface area contributed by atoms with E-state index in [0.29, 0.717) is 19.4 Å². The maximum atomic E-state index is 12.9. The van der Waals surface area contributed by atoms with E-state index in [2.05, 4.69) is 21.3 Å². The summed E-state index contributed by atoms with van der Waals surface area (Å²) in [6.07, 6.45) is 10.8. The van der Waals surface area contributed by atoms with Crippen molar-refractivity contribution in [2.45, 2.75) is 62.3 Å². The van der Waals surface area contributed by atoms with Gasteiger partial charge >= 0.3 is 0 Å². The van der Waals surface area contributed by atoms with E-state index in [1.54, 1.807) is 0 Å². The maximum absolute atomic E-state index is 12.9. The summed E-state index contributed by atoms with van der Waals surface area (Å²) in [5.41, 5.74) is -0.778. The highest BCUT2D eigenvalue weighted by molar-refractivity contribution is 7.89. The summed E-state index contributed by atoms with van der Waals surface area (Å²) in [6.45, 7) is 2.48. The quantitative estimate of drug-likeness (QED) is 0.420. The van der Waals surface area contributed by atoms with Crippen LogP contribution in [0.3, 0.4) is 0 Å². The van der Waals surface area contributed by atoms with Crippen LogP contribution in [0.4, 0.5) is 0 Å². The van der Waals surface area contributed by atoms with Gasteiger partial charge in [-0.15, -0.1) is 6.42 Å². The summed E-state index contributed by atoms with van der Waals surface area (Å²) in [4.78, 5) is 25.7. The van der Waals surface area contributed by atoms with Gasteiger partial charge in [0.25, 0.3) is 5.91 Å². The third-order valence-corrected chi connectivity index (χ3v) is 6.48. The number of hydrogen-bond donors (Lipinski definition) is 3. The van der Waals surface area contributed by atoms with Gasteiger partial charge in [0.2, 0.25) is 15.9 Å². The molecule has 2 rings (SSSR count). The number of sulfonamides is 1. The van der Waals surface area contributed by atoms with Crippen LogP contribution in [0.5, 0.6) is 0 Å². The Hall–Kier alpha value is -2.37. The summed E-state index contributed by atoms with van der Waals surface area (Å²) in [6, 6.07) is 5.71. The van der Waals surface area contributed by atoms with Crippen molar-refractivity contribution in [3.8, 4) is 12.3 Å². The van der Waals surface area contributed by atoms with Crippen LogP contribution >= 0.6 is 0 Å². The first-order valence-electron chi connectivity index (χ1n) is 9.98. The molecule has 0 aromatic heterocycles. The zero-order valence-corrected chi connectivity index (χ0v) is 17.6. The second-order valence-corrected chi connectivity index (χ2v) is 9.03. The van der Waals surface area contributed by atoms with Crippen LogP contribution < -0.4 is 15.4 Å². The molecular formula is C21H29N3O4S. The second-order valence-electron chi connectivity index (χ2n) is 7.26. The van der Waals surface area contributed by atoms with Gasteiger partial charge in [-0.2, -0.15) is 4.72 Å². The van der Waals surface area contributed by atoms with Crippen LogP contribution in [-0.2, 0) is 14.8 Å². The Labute approximate surface area is 173 Å². The SMILES string of the molecule is C#CCNS(=O)(=O)c1cccc(C(=O)NC2(C(=O)NCCCC)CCCCC2)c1. The van der Waals surface area contributed by atoms with Crippen molar-refractivity contribution in [1.29, 1.82) is 0 Å². The smallest absolute Gasteiger partial charge is 0.252 e. The van der Waals surface area contributed by atoms with Crippen molar-refractivity contribution in [2.24, 2.45) is 0 Å². The Bertz CT molecular complexity index is 868. The molecule has 3 N–H and O–H groups in total. The molecule has 8 heteroatoms. The van der Waals surface area contributed by atoms with Gasteiger partial charge in [0, 0.05) is 12.1 Å². The monoisotopic (exact) mass is 419 g/mol. The van der Waals surface area contributed by atoms with E-state index in [-0.39, 0.29) is 22.9 Å². The first-order valence-corrected chi connectivity index (χ1v) is 11.5. The number of hydrogen-bond acceptors (Lipinski definition) is 4. The standard InChI is InChI=1S/C21H29N3O4S/c1-3-5-15-22-20(26)21(12-7-6-8-13-21)24-19(25)17-10-9-11-18(16-17)29(27,28)23-14-4-2/h2,9-11,16,23H,3,5-8,12-15H2,1H3,(H,22,26)(H,24,25). The second kappa shape index (κ2) is 10.4. The minimum Gasteiger partial charge on any atom is -0.354 e. The molecule has 0 radical (unpaired) electrons. The molecule has 1 fully saturated rings. The minimum atomic E-state index is -3.81. The van der Waals surface area contributed by atoms with Crippen molar-refractivity contribution in [1.82, 2.24) is 15.4 Å². The minimum absolute atomic E-state index is 0.0505. The molecule has 1 aliphatic carbocycles. The molecule has 1 saturated carbocycles. The lowest BCUT2D eigenvalue weighted by atomic mass is 9.80. The molecular weight excluding hydrogens is 390 g/mol. The highest BCUT2D eigenvalue weighted by Crippen LogP contribution is 2.29. The maximum Gasteiger partial charge on any atom is 0.252 e. The highest BCUT2D eigenvalue weighted by Gasteiger charge is 2.40. The Morgan fingerprint density at radius 2 is 1.93 bits per heavy atom. The predicted octanol–water partition coefficient (Wildman–Crippen LogP) is 1.95. The van der Waals surface area contributed by atoms with Gasteiger partial charge in [-0.1, -0.05) is 44.6 Å². The molecule has 1 aliphatic rings. The van der Waals surface area contributed by atoms with Crippen LogP contribution in [0, 0.1) is 12.3 Å². The van der Waals surface area contributed by atoms with Gasteiger partial charge in [-0.3, -0.25) is 9.59 Å². The van der Waals surface area contributed by atoms with Gasteiger partial charge < -0.3 is 10.6 Å². The molecule has 29 heavy (non-hydrogen) atoms. The fourth-order valence-electron chi connectivity index (χ4n) is 3.43. The number of rotatable bonds is 9. The van der Waals surface area contributed by atoms with E-state index < -0.39 is 21.5 Å². The van der Waals surface area contributed by atoms with Crippen LogP contribution in [0.25, 0.3) is 0 Å². The molecule has 0 bridgehead atoms. The number of unbranched alkanes of at least 4 members (excludes halogenated alkanes) is 1. The zero-order chi connectivity index (χ0) is 21.3. The van der Waals surface area contributed by atoms with Crippen LogP contribution in [-0.4, -0.2) is 38.9 Å². The molecule has 0 spiro atoms. The van der Waals surface area contributed by atoms with Gasteiger partial charge in [-0.25, -0.2) is 8.42 Å². The summed E-state index contributed by atoms with van der Waals surface area (Å²) in [5.74, 6) is 1.58. The first-order chi connectivity index (χ1) is 13.8. The van der Waals surface area contributed by atoms with Gasteiger partial charge in [-0.05, 0) is 37.5 Å². The Morgan fingerprint density at radius 1 is 1.21 bits per heavy atom. The predicted molar refractivity (Wildman–Crippen MR) is 112 cm³/mol. The lowest BCUT2D eigenvalue weighted by Gasteiger charge is -2.36. The van der Waals surface area contributed by atoms with Crippen LogP contribution in [0.1, 0.15) is 62.2 Å². The topological polar surface area (TPSA) is 104 Å². The van der Waals surface area contributed by atoms with Crippen molar-refractivity contribution >= 4 is 21.8 Å². The first kappa shape index (κ1) is 22.9. The molecule has 1 aromatic carbocycles. The molecule has 0 saturated heterocycles. The van der Waals surface area contributed by atoms with E-state index in [1.807, 2.05) is 6.92 Å². The Balaban J connectivity index is 2.20. The van der Waals surface area contributed by atoms with Crippen molar-refractivity contribution in [3.05, 3.63) is 29.8 Å². The number of amides is 2. The molecule has 158 valence electrons. The number of nitrogens with one attached hydrogen (secondary N) is 3. The highest BCUT2D eigenvalue weighted by atomic mass is 32.2. The third kappa shape index (κ3) is 6.05. The molecule has 0 heterocycles. The fourth-order valence-corrected chi connectivity index (χ4v) is 4.41. The number of terminal acetylenes is 1. The number of carbonyl (C=O) groups is 2. The lowest BCUT2D eigenvalue weighted by Crippen LogP contribution is -2.59. The summed E-state index contributed by atoms with van der Waals surface area (Å²) >= 11 is 0. The van der Waals surface area contributed by atoms with Crippen molar-refractivity contribution < 1.29 is 18.0 Å². The van der Waals surface area contributed by atoms with E-state index >= 15 is 0 Å².